The molecule has 3 saturated carbocycles. The van der Waals surface area contributed by atoms with Gasteiger partial charge in [-0.15, -0.1) is 0 Å². The van der Waals surface area contributed by atoms with Crippen LogP contribution in [0.4, 0.5) is 13.2 Å². The molecule has 2 saturated heterocycles. The molecule has 3 aliphatic carbocycles. The number of nitrogens with one attached hydrogen (secondary N) is 2. The first-order valence-corrected chi connectivity index (χ1v) is 16.0. The number of piperidine rings is 1. The van der Waals surface area contributed by atoms with Crippen LogP contribution in [0.1, 0.15) is 90.9 Å². The van der Waals surface area contributed by atoms with E-state index in [1.807, 2.05) is 0 Å². The van der Waals surface area contributed by atoms with Crippen molar-refractivity contribution < 1.29 is 13.2 Å². The van der Waals surface area contributed by atoms with E-state index in [2.05, 4.69) is 57.0 Å². The van der Waals surface area contributed by atoms with Crippen LogP contribution in [0.5, 0.6) is 0 Å². The molecule has 5 aliphatic rings. The molecule has 212 valence electrons. The Morgan fingerprint density at radius 3 is 2.43 bits per heavy atom. The van der Waals surface area contributed by atoms with Crippen molar-refractivity contribution in [3.63, 3.8) is 0 Å². The average Bonchev–Trinajstić information content (AvgIpc) is 3.10. The van der Waals surface area contributed by atoms with Gasteiger partial charge in [-0.05, 0) is 82.0 Å². The molecule has 5 rings (SSSR count). The third-order valence-corrected chi connectivity index (χ3v) is 11.7. The second kappa shape index (κ2) is 11.7. The van der Waals surface area contributed by atoms with Gasteiger partial charge >= 0.3 is 6.18 Å². The number of alkyl halides is 4. The molecular formula is C29H48BrF3N4. The Kier molecular flexibility index (Phi) is 8.90. The number of rotatable bonds is 6. The summed E-state index contributed by atoms with van der Waals surface area (Å²) in [6.07, 6.45) is 9.97. The molecule has 5 fully saturated rings. The molecule has 4 nitrogen and oxygen atoms in total. The fourth-order valence-electron chi connectivity index (χ4n) is 8.56. The minimum absolute atomic E-state index is 0.0882. The first-order valence-electron chi connectivity index (χ1n) is 15.1. The summed E-state index contributed by atoms with van der Waals surface area (Å²) in [5.74, 6) is 2.56. The minimum atomic E-state index is -4.18. The normalized spacial score (nSPS) is 41.5. The predicted octanol–water partition coefficient (Wildman–Crippen LogP) is 6.62. The Labute approximate surface area is 230 Å². The Morgan fingerprint density at radius 1 is 1.00 bits per heavy atom. The largest absolute Gasteiger partial charge is 0.401 e. The van der Waals surface area contributed by atoms with Crippen LogP contribution in [-0.4, -0.2) is 64.2 Å². The van der Waals surface area contributed by atoms with Crippen molar-refractivity contribution in [2.24, 2.45) is 23.7 Å². The lowest BCUT2D eigenvalue weighted by molar-refractivity contribution is -0.126. The summed E-state index contributed by atoms with van der Waals surface area (Å²) in [6.45, 7) is 9.49. The van der Waals surface area contributed by atoms with E-state index >= 15 is 0 Å². The van der Waals surface area contributed by atoms with Gasteiger partial charge in [0.1, 0.15) is 0 Å². The molecule has 37 heavy (non-hydrogen) atoms. The van der Waals surface area contributed by atoms with Gasteiger partial charge in [-0.1, -0.05) is 49.2 Å². The second-order valence-electron chi connectivity index (χ2n) is 13.1. The van der Waals surface area contributed by atoms with Gasteiger partial charge in [-0.25, -0.2) is 5.01 Å². The molecule has 0 amide bonds. The number of hydrogen-bond acceptors (Lipinski definition) is 4. The molecular weight excluding hydrogens is 541 g/mol. The summed E-state index contributed by atoms with van der Waals surface area (Å²) in [7, 11) is 0. The van der Waals surface area contributed by atoms with E-state index in [0.29, 0.717) is 30.1 Å². The maximum absolute atomic E-state index is 12.9. The van der Waals surface area contributed by atoms with E-state index in [9.17, 15) is 13.2 Å². The maximum Gasteiger partial charge on any atom is 0.401 e. The molecule has 2 heterocycles. The summed E-state index contributed by atoms with van der Waals surface area (Å²) in [5.41, 5.74) is 5.25. The monoisotopic (exact) mass is 588 g/mol. The highest BCUT2D eigenvalue weighted by molar-refractivity contribution is 9.09. The Hall–Kier alpha value is -0.310. The number of nitrogens with zero attached hydrogens (tertiary/aromatic N) is 2. The van der Waals surface area contributed by atoms with Crippen LogP contribution in [0.25, 0.3) is 0 Å². The molecule has 7 atom stereocenters. The van der Waals surface area contributed by atoms with Crippen LogP contribution >= 0.6 is 15.9 Å². The highest BCUT2D eigenvalue weighted by Crippen LogP contribution is 2.46. The standard InChI is InChI=1S/C29H48BrF3N4/c1-18(2)20-8-11-22(12-9-20)37-27-14-15-36(26-7-5-4-6-24(35-37)28(26)27)19(3)21-10-13-23(30)25(16-21)34-17-29(31,32)33/h18,20-28,34-35H,3-17H2,1-2H3/t20?,21?,22?,23?,24?,25?,26-,27?,28?/m0/s1. The summed E-state index contributed by atoms with van der Waals surface area (Å²) in [6, 6.07) is 2.16. The Morgan fingerprint density at radius 2 is 1.73 bits per heavy atom. The van der Waals surface area contributed by atoms with Gasteiger partial charge in [0.15, 0.2) is 0 Å². The van der Waals surface area contributed by atoms with Crippen LogP contribution in [0.15, 0.2) is 12.3 Å². The first-order chi connectivity index (χ1) is 17.6. The molecule has 0 spiro atoms. The molecule has 0 radical (unpaired) electrons. The van der Waals surface area contributed by atoms with Gasteiger partial charge in [0.2, 0.25) is 0 Å². The maximum atomic E-state index is 12.9. The molecule has 0 aromatic heterocycles. The fourth-order valence-corrected chi connectivity index (χ4v) is 9.23. The van der Waals surface area contributed by atoms with Gasteiger partial charge < -0.3 is 10.2 Å². The Balaban J connectivity index is 1.25. The van der Waals surface area contributed by atoms with Crippen molar-refractivity contribution in [1.29, 1.82) is 0 Å². The van der Waals surface area contributed by atoms with Crippen molar-refractivity contribution in [3.8, 4) is 0 Å². The van der Waals surface area contributed by atoms with Crippen LogP contribution in [-0.2, 0) is 0 Å². The van der Waals surface area contributed by atoms with E-state index in [-0.39, 0.29) is 16.8 Å². The van der Waals surface area contributed by atoms with Crippen molar-refractivity contribution in [3.05, 3.63) is 12.3 Å². The van der Waals surface area contributed by atoms with E-state index in [4.69, 9.17) is 0 Å². The molecule has 6 unspecified atom stereocenters. The van der Waals surface area contributed by atoms with Crippen LogP contribution in [0.2, 0.25) is 0 Å². The van der Waals surface area contributed by atoms with Gasteiger partial charge in [0.25, 0.3) is 0 Å². The third-order valence-electron chi connectivity index (χ3n) is 10.6. The SMILES string of the molecule is C=C(C1CCC(Br)C(NCC(F)(F)F)C1)N1CCC2C3C(CCCC[C@@H]31)NN2C1CCC(C(C)C)CC1. The number of likely N-dealkylation sites (tertiary alicyclic amines) is 1. The molecule has 2 aliphatic heterocycles. The van der Waals surface area contributed by atoms with Crippen molar-refractivity contribution in [2.45, 2.75) is 132 Å². The summed E-state index contributed by atoms with van der Waals surface area (Å²) < 4.78 is 38.7. The van der Waals surface area contributed by atoms with Gasteiger partial charge in [-0.3, -0.25) is 5.43 Å². The predicted molar refractivity (Wildman–Crippen MR) is 147 cm³/mol. The number of hydrogen-bond donors (Lipinski definition) is 2. The average molecular weight is 590 g/mol. The lowest BCUT2D eigenvalue weighted by Gasteiger charge is -2.50. The van der Waals surface area contributed by atoms with Crippen molar-refractivity contribution in [2.75, 3.05) is 13.1 Å². The smallest absolute Gasteiger partial charge is 0.372 e. The zero-order valence-corrected chi connectivity index (χ0v) is 24.4. The number of halogens is 4. The van der Waals surface area contributed by atoms with E-state index in [1.165, 1.54) is 57.1 Å². The Bertz CT molecular complexity index is 784. The molecule has 2 N–H and O–H groups in total. The summed E-state index contributed by atoms with van der Waals surface area (Å²) in [5, 5.41) is 5.51. The van der Waals surface area contributed by atoms with Gasteiger partial charge in [0.05, 0.1) is 6.54 Å². The molecule has 8 heteroatoms. The fraction of sp³-hybridized carbons (Fsp3) is 0.931. The van der Waals surface area contributed by atoms with Crippen LogP contribution in [0.3, 0.4) is 0 Å². The van der Waals surface area contributed by atoms with Crippen molar-refractivity contribution in [1.82, 2.24) is 20.7 Å². The zero-order chi connectivity index (χ0) is 26.3. The minimum Gasteiger partial charge on any atom is -0.372 e. The molecule has 0 aromatic carbocycles. The van der Waals surface area contributed by atoms with E-state index < -0.39 is 12.7 Å². The quantitative estimate of drug-likeness (QED) is 0.341. The molecule has 0 aromatic rings. The first kappa shape index (κ1) is 28.2. The highest BCUT2D eigenvalue weighted by atomic mass is 79.9. The van der Waals surface area contributed by atoms with E-state index in [1.54, 1.807) is 0 Å². The lowest BCUT2D eigenvalue weighted by Crippen LogP contribution is -2.56. The van der Waals surface area contributed by atoms with Crippen molar-refractivity contribution >= 4 is 15.9 Å². The third kappa shape index (κ3) is 6.22. The summed E-state index contributed by atoms with van der Waals surface area (Å²) in [4.78, 5) is 2.71. The lowest BCUT2D eigenvalue weighted by atomic mass is 9.76. The zero-order valence-electron chi connectivity index (χ0n) is 22.8. The van der Waals surface area contributed by atoms with Crippen LogP contribution in [0, 0.1) is 23.7 Å². The van der Waals surface area contributed by atoms with E-state index in [0.717, 1.165) is 44.1 Å². The topological polar surface area (TPSA) is 30.5 Å². The van der Waals surface area contributed by atoms with Gasteiger partial charge in [0, 0.05) is 53.2 Å². The number of allylic oxidation sites excluding steroid dienone is 1. The van der Waals surface area contributed by atoms with Crippen LogP contribution < -0.4 is 10.7 Å². The molecule has 0 bridgehead atoms. The summed E-state index contributed by atoms with van der Waals surface area (Å²) >= 11 is 3.65. The van der Waals surface area contributed by atoms with Gasteiger partial charge in [-0.2, -0.15) is 13.2 Å². The second-order valence-corrected chi connectivity index (χ2v) is 14.2. The number of hydrazine groups is 1. The highest BCUT2D eigenvalue weighted by Gasteiger charge is 2.52.